The highest BCUT2D eigenvalue weighted by molar-refractivity contribution is 9.10. The molecule has 0 fully saturated rings. The van der Waals surface area contributed by atoms with E-state index in [1.807, 2.05) is 0 Å². The van der Waals surface area contributed by atoms with Crippen LogP contribution in [0, 0.1) is 6.92 Å². The average Bonchev–Trinajstić information content (AvgIpc) is 2.85. The van der Waals surface area contributed by atoms with Gasteiger partial charge in [0, 0.05) is 5.56 Å². The molecule has 0 saturated heterocycles. The number of nitrogens with two attached hydrogens (primary N) is 1. The third-order valence-electron chi connectivity index (χ3n) is 2.68. The summed E-state index contributed by atoms with van der Waals surface area (Å²) in [4.78, 5) is 12.0. The van der Waals surface area contributed by atoms with E-state index in [2.05, 4.69) is 26.4 Å². The highest BCUT2D eigenvalue weighted by Crippen LogP contribution is 2.21. The number of nitrogens with one attached hydrogen (secondary N) is 1. The Morgan fingerprint density at radius 3 is 2.75 bits per heavy atom. The molecule has 0 spiro atoms. The number of amides is 1. The normalized spacial score (nSPS) is 11.4. The molecule has 7 heteroatoms. The van der Waals surface area contributed by atoms with E-state index in [4.69, 9.17) is 15.4 Å². The van der Waals surface area contributed by atoms with Crippen LogP contribution in [-0.2, 0) is 0 Å². The maximum Gasteiger partial charge on any atom is 0.291 e. The highest BCUT2D eigenvalue weighted by Gasteiger charge is 2.15. The van der Waals surface area contributed by atoms with Crippen molar-refractivity contribution in [2.75, 3.05) is 5.32 Å². The van der Waals surface area contributed by atoms with Gasteiger partial charge in [0.05, 0.1) is 5.69 Å². The molecule has 1 aromatic heterocycles. The summed E-state index contributed by atoms with van der Waals surface area (Å²) in [6.07, 6.45) is 0. The average molecular weight is 338 g/mol. The number of rotatable bonds is 3. The molecule has 2 rings (SSSR count). The maximum atomic E-state index is 12.0. The Morgan fingerprint density at radius 2 is 2.15 bits per heavy atom. The van der Waals surface area contributed by atoms with Crippen molar-refractivity contribution in [2.24, 2.45) is 10.9 Å². The van der Waals surface area contributed by atoms with E-state index >= 15 is 0 Å². The molecular weight excluding hydrogens is 326 g/mol. The van der Waals surface area contributed by atoms with Crippen LogP contribution in [0.15, 0.2) is 44.6 Å². The van der Waals surface area contributed by atoms with Crippen molar-refractivity contribution >= 4 is 33.4 Å². The van der Waals surface area contributed by atoms with Crippen molar-refractivity contribution in [1.29, 1.82) is 0 Å². The second kappa shape index (κ2) is 5.79. The molecular formula is C13H12BrN3O3. The van der Waals surface area contributed by atoms with Crippen molar-refractivity contribution in [2.45, 2.75) is 6.92 Å². The largest absolute Gasteiger partial charge is 0.444 e. The second-order valence-corrected chi connectivity index (χ2v) is 4.82. The summed E-state index contributed by atoms with van der Waals surface area (Å²) >= 11 is 3.13. The minimum Gasteiger partial charge on any atom is -0.444 e. The Hall–Kier alpha value is -2.28. The van der Waals surface area contributed by atoms with Crippen LogP contribution in [0.5, 0.6) is 0 Å². The van der Waals surface area contributed by atoms with Crippen molar-refractivity contribution in [1.82, 2.24) is 0 Å². The first kappa shape index (κ1) is 14.1. The van der Waals surface area contributed by atoms with Crippen LogP contribution in [0.4, 0.5) is 5.69 Å². The lowest BCUT2D eigenvalue weighted by Gasteiger charge is -2.11. The number of halogens is 1. The van der Waals surface area contributed by atoms with E-state index in [1.165, 1.54) is 0 Å². The molecule has 0 radical (unpaired) electrons. The first-order valence-corrected chi connectivity index (χ1v) is 6.46. The maximum absolute atomic E-state index is 12.0. The molecule has 6 nitrogen and oxygen atoms in total. The van der Waals surface area contributed by atoms with Crippen molar-refractivity contribution < 1.29 is 14.4 Å². The van der Waals surface area contributed by atoms with Gasteiger partial charge in [0.15, 0.2) is 16.3 Å². The molecule has 4 N–H and O–H groups in total. The Kier molecular flexibility index (Phi) is 4.09. The zero-order valence-corrected chi connectivity index (χ0v) is 12.1. The zero-order valence-electron chi connectivity index (χ0n) is 10.6. The predicted octanol–water partition coefficient (Wildman–Crippen LogP) is 2.70. The summed E-state index contributed by atoms with van der Waals surface area (Å²) in [5.41, 5.74) is 7.32. The molecule has 20 heavy (non-hydrogen) atoms. The van der Waals surface area contributed by atoms with Gasteiger partial charge in [-0.25, -0.2) is 0 Å². The Labute approximate surface area is 123 Å². The minimum atomic E-state index is -0.423. The summed E-state index contributed by atoms with van der Waals surface area (Å²) in [6, 6.07) is 8.38. The summed E-state index contributed by atoms with van der Waals surface area (Å²) in [7, 11) is 0. The van der Waals surface area contributed by atoms with Crippen LogP contribution < -0.4 is 11.1 Å². The lowest BCUT2D eigenvalue weighted by Crippen LogP contribution is -2.20. The van der Waals surface area contributed by atoms with E-state index in [9.17, 15) is 4.79 Å². The number of amidine groups is 1. The van der Waals surface area contributed by atoms with E-state index in [-0.39, 0.29) is 11.6 Å². The number of nitrogens with zero attached hydrogens (tertiary/aromatic N) is 1. The number of aryl methyl sites for hydroxylation is 1. The topological polar surface area (TPSA) is 101 Å². The third kappa shape index (κ3) is 2.83. The molecule has 1 heterocycles. The fraction of sp³-hybridized carbons (Fsp3) is 0.0769. The number of benzene rings is 1. The number of carbonyl (C=O) groups excluding carboxylic acids is 1. The minimum absolute atomic E-state index is 0.0703. The molecule has 0 unspecified atom stereocenters. The van der Waals surface area contributed by atoms with Crippen LogP contribution in [0.25, 0.3) is 0 Å². The number of hydrogen-bond acceptors (Lipinski definition) is 4. The van der Waals surface area contributed by atoms with Gasteiger partial charge in [-0.3, -0.25) is 4.79 Å². The third-order valence-corrected chi connectivity index (χ3v) is 3.11. The molecule has 2 aromatic rings. The van der Waals surface area contributed by atoms with E-state index < -0.39 is 5.91 Å². The highest BCUT2D eigenvalue weighted by atomic mass is 79.9. The first-order valence-electron chi connectivity index (χ1n) is 5.67. The van der Waals surface area contributed by atoms with Gasteiger partial charge in [-0.05, 0) is 46.6 Å². The monoisotopic (exact) mass is 337 g/mol. The molecule has 0 atom stereocenters. The summed E-state index contributed by atoms with van der Waals surface area (Å²) in [6.45, 7) is 1.80. The van der Waals surface area contributed by atoms with Gasteiger partial charge < -0.3 is 20.7 Å². The van der Waals surface area contributed by atoms with Crippen molar-refractivity contribution in [3.05, 3.63) is 51.9 Å². The van der Waals surface area contributed by atoms with Gasteiger partial charge in [0.25, 0.3) is 5.91 Å². The summed E-state index contributed by atoms with van der Waals surface area (Å²) in [5.74, 6) is -0.337. The van der Waals surface area contributed by atoms with Gasteiger partial charge in [-0.1, -0.05) is 17.3 Å². The quantitative estimate of drug-likeness (QED) is 0.347. The number of hydrogen-bond donors (Lipinski definition) is 3. The van der Waals surface area contributed by atoms with Crippen LogP contribution in [0.2, 0.25) is 0 Å². The molecule has 104 valence electrons. The van der Waals surface area contributed by atoms with Crippen molar-refractivity contribution in [3.8, 4) is 0 Å². The van der Waals surface area contributed by atoms with E-state index in [1.54, 1.807) is 37.3 Å². The number of oxime groups is 1. The Balaban J connectivity index is 2.34. The number of carbonyl (C=O) groups is 1. The van der Waals surface area contributed by atoms with Crippen LogP contribution in [-0.4, -0.2) is 17.0 Å². The first-order chi connectivity index (χ1) is 9.52. The lowest BCUT2D eigenvalue weighted by atomic mass is 10.1. The zero-order chi connectivity index (χ0) is 14.7. The summed E-state index contributed by atoms with van der Waals surface area (Å²) in [5, 5.41) is 14.5. The smallest absolute Gasteiger partial charge is 0.291 e. The van der Waals surface area contributed by atoms with Crippen LogP contribution in [0.3, 0.4) is 0 Å². The van der Waals surface area contributed by atoms with Gasteiger partial charge in [0.1, 0.15) is 0 Å². The van der Waals surface area contributed by atoms with E-state index in [0.29, 0.717) is 15.9 Å². The van der Waals surface area contributed by atoms with Crippen LogP contribution >= 0.6 is 15.9 Å². The van der Waals surface area contributed by atoms with Crippen LogP contribution in [0.1, 0.15) is 21.7 Å². The molecule has 0 aliphatic heterocycles. The molecule has 0 saturated carbocycles. The van der Waals surface area contributed by atoms with Gasteiger partial charge in [-0.2, -0.15) is 0 Å². The molecule has 1 aromatic carbocycles. The number of anilines is 1. The molecule has 0 bridgehead atoms. The predicted molar refractivity (Wildman–Crippen MR) is 78.1 cm³/mol. The SMILES string of the molecule is Cc1cccc(NC(=O)c2ccc(Br)o2)c1/C(N)=N/O. The fourth-order valence-electron chi connectivity index (χ4n) is 1.78. The Bertz CT molecular complexity index is 679. The standard InChI is InChI=1S/C13H12BrN3O3/c1-7-3-2-4-8(11(7)12(15)17-19)16-13(18)9-5-6-10(14)20-9/h2-6,19H,1H3,(H2,15,17)(H,16,18). The number of furan rings is 1. The molecule has 1 amide bonds. The molecule has 0 aliphatic rings. The molecule has 0 aliphatic carbocycles. The van der Waals surface area contributed by atoms with Gasteiger partial charge in [0.2, 0.25) is 0 Å². The lowest BCUT2D eigenvalue weighted by molar-refractivity contribution is 0.0995. The summed E-state index contributed by atoms with van der Waals surface area (Å²) < 4.78 is 5.63. The van der Waals surface area contributed by atoms with Gasteiger partial charge >= 0.3 is 0 Å². The fourth-order valence-corrected chi connectivity index (χ4v) is 2.09. The van der Waals surface area contributed by atoms with E-state index in [0.717, 1.165) is 5.56 Å². The van der Waals surface area contributed by atoms with Crippen molar-refractivity contribution in [3.63, 3.8) is 0 Å². The van der Waals surface area contributed by atoms with Gasteiger partial charge in [-0.15, -0.1) is 0 Å². The Morgan fingerprint density at radius 1 is 1.40 bits per heavy atom. The second-order valence-electron chi connectivity index (χ2n) is 4.04.